The van der Waals surface area contributed by atoms with Crippen molar-refractivity contribution in [1.82, 2.24) is 25.1 Å². The molecule has 1 aromatic heterocycles. The van der Waals surface area contributed by atoms with Gasteiger partial charge in [0.15, 0.2) is 0 Å². The number of nitrogens with one attached hydrogen (secondary N) is 2. The number of aromatic nitrogens is 2. The summed E-state index contributed by atoms with van der Waals surface area (Å²) in [6, 6.07) is 19.3. The van der Waals surface area contributed by atoms with Crippen LogP contribution in [0.5, 0.6) is 0 Å². The second-order valence-electron chi connectivity index (χ2n) is 11.3. The zero-order valence-electron chi connectivity index (χ0n) is 21.9. The summed E-state index contributed by atoms with van der Waals surface area (Å²) >= 11 is 0. The molecule has 3 aliphatic rings. The first-order valence-electron chi connectivity index (χ1n) is 13.9. The fourth-order valence-electron chi connectivity index (χ4n) is 6.42. The van der Waals surface area contributed by atoms with E-state index in [1.807, 2.05) is 24.3 Å². The van der Waals surface area contributed by atoms with Gasteiger partial charge in [-0.3, -0.25) is 14.6 Å². The molecular weight excluding hydrogens is 460 g/mol. The number of rotatable bonds is 3. The van der Waals surface area contributed by atoms with Gasteiger partial charge in [-0.25, -0.2) is 9.97 Å². The Labute approximate surface area is 219 Å². The van der Waals surface area contributed by atoms with Gasteiger partial charge < -0.3 is 10.6 Å². The van der Waals surface area contributed by atoms with Crippen LogP contribution in [0.1, 0.15) is 56.8 Å². The number of hydrogen-bond acceptors (Lipinski definition) is 6. The molecule has 0 radical (unpaired) electrons. The van der Waals surface area contributed by atoms with Crippen molar-refractivity contribution in [3.8, 4) is 0 Å². The summed E-state index contributed by atoms with van der Waals surface area (Å²) < 4.78 is 0. The van der Waals surface area contributed by atoms with Gasteiger partial charge in [-0.15, -0.1) is 0 Å². The molecule has 3 heterocycles. The minimum Gasteiger partial charge on any atom is -0.358 e. The number of carbonyl (C=O) groups excluding carboxylic acids is 1. The highest BCUT2D eigenvalue weighted by atomic mass is 16.2. The molecule has 6 rings (SSSR count). The van der Waals surface area contributed by atoms with Crippen molar-refractivity contribution in [2.45, 2.75) is 70.2 Å². The Balaban J connectivity index is 1.21. The first-order valence-corrected chi connectivity index (χ1v) is 13.9. The molecule has 2 aromatic carbocycles. The lowest BCUT2D eigenvalue weighted by atomic mass is 9.81. The van der Waals surface area contributed by atoms with E-state index in [9.17, 15) is 4.79 Å². The Morgan fingerprint density at radius 2 is 1.59 bits per heavy atom. The summed E-state index contributed by atoms with van der Waals surface area (Å²) in [5.41, 5.74) is 2.40. The molecule has 2 bridgehead atoms. The Bertz CT molecular complexity index is 1240. The predicted octanol–water partition coefficient (Wildman–Crippen LogP) is 4.37. The average molecular weight is 499 g/mol. The number of amides is 1. The standard InChI is InChI=1S/C30H38N6O/c1-20(2)28-30(37)33-27-19-35(23-14-12-22(13-15-23)21-8-4-3-5-9-21)16-17-36(27)18-26-31-25-11-7-6-10-24(25)29(32-26)34-28/h3-11,20,22-23,27-28H,12-19H2,1-2H3,(H,33,37)(H,31,32,34)/t22?,23?,27?,28-/m0/s1. The van der Waals surface area contributed by atoms with Gasteiger partial charge in [-0.2, -0.15) is 0 Å². The second-order valence-corrected chi connectivity index (χ2v) is 11.3. The molecule has 37 heavy (non-hydrogen) atoms. The summed E-state index contributed by atoms with van der Waals surface area (Å²) in [6.07, 6.45) is 4.85. The van der Waals surface area contributed by atoms with Crippen LogP contribution >= 0.6 is 0 Å². The molecule has 3 aromatic rings. The third-order valence-electron chi connectivity index (χ3n) is 8.55. The zero-order chi connectivity index (χ0) is 25.4. The molecule has 2 N–H and O–H groups in total. The van der Waals surface area contributed by atoms with E-state index in [2.05, 4.69) is 64.6 Å². The van der Waals surface area contributed by atoms with E-state index in [4.69, 9.17) is 9.97 Å². The molecule has 1 unspecified atom stereocenters. The molecule has 2 fully saturated rings. The summed E-state index contributed by atoms with van der Waals surface area (Å²) in [7, 11) is 0. The number of carbonyl (C=O) groups is 1. The summed E-state index contributed by atoms with van der Waals surface area (Å²) in [5, 5.41) is 7.84. The van der Waals surface area contributed by atoms with Crippen LogP contribution < -0.4 is 10.6 Å². The number of nitrogens with zero attached hydrogens (tertiary/aromatic N) is 4. The van der Waals surface area contributed by atoms with E-state index < -0.39 is 0 Å². The first-order chi connectivity index (χ1) is 18.0. The summed E-state index contributed by atoms with van der Waals surface area (Å²) in [6.45, 7) is 7.56. The lowest BCUT2D eigenvalue weighted by molar-refractivity contribution is -0.126. The van der Waals surface area contributed by atoms with Crippen molar-refractivity contribution in [2.24, 2.45) is 5.92 Å². The number of benzene rings is 2. The number of piperazine rings is 1. The largest absolute Gasteiger partial charge is 0.358 e. The molecule has 7 nitrogen and oxygen atoms in total. The molecule has 0 spiro atoms. The topological polar surface area (TPSA) is 73.4 Å². The van der Waals surface area contributed by atoms with Crippen LogP contribution in [-0.2, 0) is 11.3 Å². The predicted molar refractivity (Wildman–Crippen MR) is 147 cm³/mol. The molecule has 1 saturated heterocycles. The highest BCUT2D eigenvalue weighted by molar-refractivity contribution is 5.92. The highest BCUT2D eigenvalue weighted by Gasteiger charge is 2.36. The van der Waals surface area contributed by atoms with E-state index in [1.165, 1.54) is 31.2 Å². The minimum absolute atomic E-state index is 0.0470. The van der Waals surface area contributed by atoms with E-state index in [1.54, 1.807) is 0 Å². The third-order valence-corrected chi connectivity index (χ3v) is 8.55. The van der Waals surface area contributed by atoms with Gasteiger partial charge in [-0.1, -0.05) is 56.3 Å². The lowest BCUT2D eigenvalue weighted by Gasteiger charge is -2.46. The first kappa shape index (κ1) is 24.3. The number of anilines is 1. The quantitative estimate of drug-likeness (QED) is 0.559. The van der Waals surface area contributed by atoms with E-state index in [0.29, 0.717) is 18.5 Å². The molecule has 2 aliphatic heterocycles. The summed E-state index contributed by atoms with van der Waals surface area (Å²) in [4.78, 5) is 28.4. The van der Waals surface area contributed by atoms with Crippen molar-refractivity contribution < 1.29 is 4.79 Å². The Hall–Kier alpha value is -3.03. The van der Waals surface area contributed by atoms with Gasteiger partial charge in [-0.05, 0) is 55.2 Å². The van der Waals surface area contributed by atoms with E-state index in [0.717, 1.165) is 42.2 Å². The van der Waals surface area contributed by atoms with Crippen molar-refractivity contribution in [3.63, 3.8) is 0 Å². The van der Waals surface area contributed by atoms with Crippen LogP contribution in [-0.4, -0.2) is 63.6 Å². The maximum atomic E-state index is 13.6. The molecule has 1 saturated carbocycles. The Morgan fingerprint density at radius 1 is 0.865 bits per heavy atom. The molecule has 2 atom stereocenters. The van der Waals surface area contributed by atoms with Crippen molar-refractivity contribution in [1.29, 1.82) is 0 Å². The van der Waals surface area contributed by atoms with Crippen molar-refractivity contribution >= 4 is 22.6 Å². The SMILES string of the molecule is CC(C)[C@@H]1Nc2nc(nc3ccccc23)CN2CCN(C3CCC(c4ccccc4)CC3)CC2NC1=O. The average Bonchev–Trinajstić information content (AvgIpc) is 2.92. The van der Waals surface area contributed by atoms with Crippen LogP contribution in [0.4, 0.5) is 5.82 Å². The minimum atomic E-state index is -0.359. The zero-order valence-corrected chi connectivity index (χ0v) is 21.9. The van der Waals surface area contributed by atoms with Crippen LogP contribution in [0.25, 0.3) is 10.9 Å². The molecule has 194 valence electrons. The van der Waals surface area contributed by atoms with Gasteiger partial charge in [0.1, 0.15) is 17.7 Å². The maximum absolute atomic E-state index is 13.6. The number of para-hydroxylation sites is 1. The van der Waals surface area contributed by atoms with Gasteiger partial charge in [0.05, 0.1) is 18.2 Å². The third kappa shape index (κ3) is 5.07. The highest BCUT2D eigenvalue weighted by Crippen LogP contribution is 2.35. The van der Waals surface area contributed by atoms with E-state index in [-0.39, 0.29) is 24.0 Å². The fraction of sp³-hybridized carbons (Fsp3) is 0.500. The fourth-order valence-corrected chi connectivity index (χ4v) is 6.42. The smallest absolute Gasteiger partial charge is 0.244 e. The summed E-state index contributed by atoms with van der Waals surface area (Å²) in [5.74, 6) is 2.40. The maximum Gasteiger partial charge on any atom is 0.244 e. The van der Waals surface area contributed by atoms with Crippen LogP contribution in [0.2, 0.25) is 0 Å². The second kappa shape index (κ2) is 10.4. The molecule has 1 amide bonds. The Morgan fingerprint density at radius 3 is 2.38 bits per heavy atom. The molecule has 7 heteroatoms. The number of hydrogen-bond donors (Lipinski definition) is 2. The van der Waals surface area contributed by atoms with Crippen molar-refractivity contribution in [2.75, 3.05) is 25.0 Å². The van der Waals surface area contributed by atoms with Crippen LogP contribution in [0.15, 0.2) is 54.6 Å². The normalized spacial score (nSPS) is 27.4. The number of fused-ring (bicyclic) bond motifs is 5. The van der Waals surface area contributed by atoms with Gasteiger partial charge in [0.2, 0.25) is 5.91 Å². The van der Waals surface area contributed by atoms with Crippen LogP contribution in [0.3, 0.4) is 0 Å². The van der Waals surface area contributed by atoms with Gasteiger partial charge in [0.25, 0.3) is 0 Å². The van der Waals surface area contributed by atoms with Crippen LogP contribution in [0, 0.1) is 5.92 Å². The van der Waals surface area contributed by atoms with Gasteiger partial charge in [0, 0.05) is 31.1 Å². The van der Waals surface area contributed by atoms with E-state index >= 15 is 0 Å². The van der Waals surface area contributed by atoms with Crippen molar-refractivity contribution in [3.05, 3.63) is 66.0 Å². The molecule has 1 aliphatic carbocycles. The lowest BCUT2D eigenvalue weighted by Crippen LogP contribution is -2.63. The monoisotopic (exact) mass is 498 g/mol. The Kier molecular flexibility index (Phi) is 6.82. The molecular formula is C30H38N6O. The van der Waals surface area contributed by atoms with Gasteiger partial charge >= 0.3 is 0 Å².